The first-order valence-electron chi connectivity index (χ1n) is 5.11. The van der Waals surface area contributed by atoms with Crippen molar-refractivity contribution in [3.8, 4) is 0 Å². The summed E-state index contributed by atoms with van der Waals surface area (Å²) in [5, 5.41) is 4.18. The zero-order valence-corrected chi connectivity index (χ0v) is 8.15. The van der Waals surface area contributed by atoms with Crippen LogP contribution in [0.15, 0.2) is 12.4 Å². The van der Waals surface area contributed by atoms with Gasteiger partial charge in [-0.1, -0.05) is 19.3 Å². The maximum absolute atomic E-state index is 10.9. The third-order valence-electron chi connectivity index (χ3n) is 2.83. The van der Waals surface area contributed by atoms with Crippen molar-refractivity contribution in [3.05, 3.63) is 18.0 Å². The molecule has 1 saturated carbocycles. The van der Waals surface area contributed by atoms with Crippen molar-refractivity contribution < 1.29 is 4.79 Å². The predicted octanol–water partition coefficient (Wildman–Crippen LogP) is 1.49. The molecular formula is C10H15N3O. The van der Waals surface area contributed by atoms with Crippen molar-refractivity contribution in [2.24, 2.45) is 5.73 Å². The molecule has 0 spiro atoms. The molecule has 0 saturated heterocycles. The monoisotopic (exact) mass is 193 g/mol. The van der Waals surface area contributed by atoms with Gasteiger partial charge in [0.2, 0.25) is 0 Å². The number of carbonyl (C=O) groups is 1. The Morgan fingerprint density at radius 2 is 2.14 bits per heavy atom. The topological polar surface area (TPSA) is 60.9 Å². The van der Waals surface area contributed by atoms with Gasteiger partial charge in [-0.3, -0.25) is 9.48 Å². The van der Waals surface area contributed by atoms with Gasteiger partial charge in [-0.15, -0.1) is 0 Å². The van der Waals surface area contributed by atoms with E-state index in [1.165, 1.54) is 32.1 Å². The highest BCUT2D eigenvalue weighted by molar-refractivity contribution is 5.92. The van der Waals surface area contributed by atoms with Crippen LogP contribution in [-0.2, 0) is 0 Å². The highest BCUT2D eigenvalue weighted by Gasteiger charge is 2.16. The highest BCUT2D eigenvalue weighted by Crippen LogP contribution is 2.27. The lowest BCUT2D eigenvalue weighted by Gasteiger charge is -2.21. The molecule has 0 aromatic carbocycles. The van der Waals surface area contributed by atoms with Gasteiger partial charge in [0, 0.05) is 6.20 Å². The lowest BCUT2D eigenvalue weighted by molar-refractivity contribution is 0.1000. The minimum absolute atomic E-state index is 0.396. The molecule has 4 heteroatoms. The van der Waals surface area contributed by atoms with Gasteiger partial charge in [-0.05, 0) is 12.8 Å². The van der Waals surface area contributed by atoms with Crippen molar-refractivity contribution in [2.45, 2.75) is 38.1 Å². The number of amides is 1. The molecule has 1 heterocycles. The molecule has 1 amide bonds. The Hall–Kier alpha value is -1.32. The van der Waals surface area contributed by atoms with Crippen LogP contribution in [0.4, 0.5) is 0 Å². The van der Waals surface area contributed by atoms with Crippen LogP contribution in [0.5, 0.6) is 0 Å². The molecule has 2 rings (SSSR count). The Labute approximate surface area is 83.1 Å². The summed E-state index contributed by atoms with van der Waals surface area (Å²) in [5.74, 6) is -0.396. The van der Waals surface area contributed by atoms with E-state index < -0.39 is 5.91 Å². The quantitative estimate of drug-likeness (QED) is 0.773. The Morgan fingerprint density at radius 3 is 2.71 bits per heavy atom. The van der Waals surface area contributed by atoms with E-state index in [-0.39, 0.29) is 0 Å². The lowest BCUT2D eigenvalue weighted by atomic mass is 9.96. The third-order valence-corrected chi connectivity index (χ3v) is 2.83. The number of nitrogens with zero attached hydrogens (tertiary/aromatic N) is 2. The summed E-state index contributed by atoms with van der Waals surface area (Å²) >= 11 is 0. The van der Waals surface area contributed by atoms with E-state index in [1.54, 1.807) is 12.4 Å². The molecule has 1 aliphatic rings. The Bertz CT molecular complexity index is 326. The molecule has 1 aliphatic carbocycles. The largest absolute Gasteiger partial charge is 0.366 e. The zero-order chi connectivity index (χ0) is 9.97. The molecule has 0 aliphatic heterocycles. The maximum Gasteiger partial charge on any atom is 0.251 e. The smallest absolute Gasteiger partial charge is 0.251 e. The summed E-state index contributed by atoms with van der Waals surface area (Å²) < 4.78 is 1.89. The number of nitrogens with two attached hydrogens (primary N) is 1. The van der Waals surface area contributed by atoms with E-state index in [4.69, 9.17) is 5.73 Å². The van der Waals surface area contributed by atoms with Gasteiger partial charge in [0.05, 0.1) is 17.8 Å². The van der Waals surface area contributed by atoms with Crippen LogP contribution in [0.2, 0.25) is 0 Å². The molecule has 76 valence electrons. The lowest BCUT2D eigenvalue weighted by Crippen LogP contribution is -2.14. The molecule has 0 radical (unpaired) electrons. The number of hydrogen-bond acceptors (Lipinski definition) is 2. The van der Waals surface area contributed by atoms with E-state index in [0.29, 0.717) is 11.6 Å². The fourth-order valence-electron chi connectivity index (χ4n) is 2.01. The number of carbonyl (C=O) groups excluding carboxylic acids is 1. The predicted molar refractivity (Wildman–Crippen MR) is 52.9 cm³/mol. The number of hydrogen-bond donors (Lipinski definition) is 1. The van der Waals surface area contributed by atoms with Crippen molar-refractivity contribution in [1.29, 1.82) is 0 Å². The van der Waals surface area contributed by atoms with Crippen LogP contribution in [0.25, 0.3) is 0 Å². The minimum atomic E-state index is -0.396. The Kier molecular flexibility index (Phi) is 2.52. The number of aromatic nitrogens is 2. The first-order valence-corrected chi connectivity index (χ1v) is 5.11. The van der Waals surface area contributed by atoms with Gasteiger partial charge in [0.1, 0.15) is 0 Å². The summed E-state index contributed by atoms with van der Waals surface area (Å²) in [4.78, 5) is 10.9. The van der Waals surface area contributed by atoms with Crippen LogP contribution in [0, 0.1) is 0 Å². The van der Waals surface area contributed by atoms with Gasteiger partial charge in [-0.2, -0.15) is 5.10 Å². The van der Waals surface area contributed by atoms with Crippen LogP contribution < -0.4 is 5.73 Å². The standard InChI is InChI=1S/C10H15N3O/c11-10(14)8-6-12-13(7-8)9-4-2-1-3-5-9/h6-7,9H,1-5H2,(H2,11,14). The maximum atomic E-state index is 10.9. The Balaban J connectivity index is 2.11. The second-order valence-corrected chi connectivity index (χ2v) is 3.87. The van der Waals surface area contributed by atoms with E-state index in [2.05, 4.69) is 5.10 Å². The van der Waals surface area contributed by atoms with E-state index in [0.717, 1.165) is 0 Å². The van der Waals surface area contributed by atoms with Gasteiger partial charge in [-0.25, -0.2) is 0 Å². The summed E-state index contributed by atoms with van der Waals surface area (Å²) in [7, 11) is 0. The molecule has 0 bridgehead atoms. The first-order chi connectivity index (χ1) is 6.77. The number of primary amides is 1. The van der Waals surface area contributed by atoms with Crippen LogP contribution >= 0.6 is 0 Å². The van der Waals surface area contributed by atoms with Crippen molar-refractivity contribution >= 4 is 5.91 Å². The van der Waals surface area contributed by atoms with Gasteiger partial charge >= 0.3 is 0 Å². The van der Waals surface area contributed by atoms with E-state index >= 15 is 0 Å². The van der Waals surface area contributed by atoms with E-state index in [1.807, 2.05) is 4.68 Å². The van der Waals surface area contributed by atoms with Crippen molar-refractivity contribution in [3.63, 3.8) is 0 Å². The second-order valence-electron chi connectivity index (χ2n) is 3.87. The molecule has 4 nitrogen and oxygen atoms in total. The molecule has 14 heavy (non-hydrogen) atoms. The Morgan fingerprint density at radius 1 is 1.43 bits per heavy atom. The molecule has 2 N–H and O–H groups in total. The summed E-state index contributed by atoms with van der Waals surface area (Å²) in [6.45, 7) is 0. The van der Waals surface area contributed by atoms with Gasteiger partial charge < -0.3 is 5.73 Å². The van der Waals surface area contributed by atoms with Crippen LogP contribution in [-0.4, -0.2) is 15.7 Å². The minimum Gasteiger partial charge on any atom is -0.366 e. The average Bonchev–Trinajstić information content (AvgIpc) is 2.68. The fraction of sp³-hybridized carbons (Fsp3) is 0.600. The molecule has 0 atom stereocenters. The second kappa shape index (κ2) is 3.82. The number of rotatable bonds is 2. The summed E-state index contributed by atoms with van der Waals surface area (Å²) in [5.41, 5.74) is 5.67. The van der Waals surface area contributed by atoms with Crippen molar-refractivity contribution in [1.82, 2.24) is 9.78 Å². The zero-order valence-electron chi connectivity index (χ0n) is 8.15. The SMILES string of the molecule is NC(=O)c1cnn(C2CCCCC2)c1. The highest BCUT2D eigenvalue weighted by atomic mass is 16.1. The normalized spacial score (nSPS) is 18.3. The average molecular weight is 193 g/mol. The molecule has 1 aromatic heterocycles. The summed E-state index contributed by atoms with van der Waals surface area (Å²) in [6, 6.07) is 0.469. The fourth-order valence-corrected chi connectivity index (χ4v) is 2.01. The third kappa shape index (κ3) is 1.78. The molecular weight excluding hydrogens is 178 g/mol. The van der Waals surface area contributed by atoms with Gasteiger partial charge in [0.25, 0.3) is 5.91 Å². The van der Waals surface area contributed by atoms with Crippen LogP contribution in [0.1, 0.15) is 48.5 Å². The molecule has 1 fully saturated rings. The van der Waals surface area contributed by atoms with Crippen LogP contribution in [0.3, 0.4) is 0 Å². The van der Waals surface area contributed by atoms with E-state index in [9.17, 15) is 4.79 Å². The first kappa shape index (κ1) is 9.24. The molecule has 0 unspecified atom stereocenters. The summed E-state index contributed by atoms with van der Waals surface area (Å²) in [6.07, 6.45) is 9.49. The molecule has 1 aromatic rings. The van der Waals surface area contributed by atoms with Gasteiger partial charge in [0.15, 0.2) is 0 Å². The van der Waals surface area contributed by atoms with Crippen molar-refractivity contribution in [2.75, 3.05) is 0 Å².